The number of hydrogen-bond acceptors (Lipinski definition) is 4. The Morgan fingerprint density at radius 1 is 1.43 bits per heavy atom. The fourth-order valence-corrected chi connectivity index (χ4v) is 2.82. The van der Waals surface area contributed by atoms with Gasteiger partial charge in [-0.3, -0.25) is 9.48 Å². The Morgan fingerprint density at radius 3 is 3.05 bits per heavy atom. The van der Waals surface area contributed by atoms with Crippen molar-refractivity contribution in [3.05, 3.63) is 52.5 Å². The fraction of sp³-hybridized carbons (Fsp3) is 0.200. The van der Waals surface area contributed by atoms with E-state index in [1.165, 1.54) is 10.4 Å². The summed E-state index contributed by atoms with van der Waals surface area (Å²) in [5, 5.41) is 9.25. The maximum absolute atomic E-state index is 11.9. The monoisotopic (exact) mass is 301 g/mol. The van der Waals surface area contributed by atoms with E-state index < -0.39 is 0 Å². The number of rotatable bonds is 5. The highest BCUT2D eigenvalue weighted by Gasteiger charge is 2.08. The van der Waals surface area contributed by atoms with E-state index in [-0.39, 0.29) is 12.5 Å². The first kappa shape index (κ1) is 13.6. The molecular formula is C15H15N3O2S. The second-order valence-electron chi connectivity index (χ2n) is 4.68. The SMILES string of the molecule is Cc1ccsc1CNC(=O)Cn1ccc(-c2ccco2)n1. The van der Waals surface area contributed by atoms with Crippen molar-refractivity contribution in [2.75, 3.05) is 0 Å². The van der Waals surface area contributed by atoms with E-state index >= 15 is 0 Å². The zero-order valence-corrected chi connectivity index (χ0v) is 12.4. The second kappa shape index (κ2) is 5.97. The number of aryl methyl sites for hydroxylation is 1. The number of carbonyl (C=O) groups is 1. The maximum atomic E-state index is 11.9. The lowest BCUT2D eigenvalue weighted by molar-refractivity contribution is -0.122. The molecule has 0 saturated carbocycles. The molecule has 3 rings (SSSR count). The fourth-order valence-electron chi connectivity index (χ4n) is 1.97. The van der Waals surface area contributed by atoms with E-state index in [4.69, 9.17) is 4.42 Å². The largest absolute Gasteiger partial charge is 0.463 e. The lowest BCUT2D eigenvalue weighted by Gasteiger charge is -2.04. The van der Waals surface area contributed by atoms with Crippen LogP contribution in [0.4, 0.5) is 0 Å². The van der Waals surface area contributed by atoms with Crippen LogP contribution in [-0.2, 0) is 17.9 Å². The molecule has 3 aromatic heterocycles. The third-order valence-electron chi connectivity index (χ3n) is 3.13. The van der Waals surface area contributed by atoms with Gasteiger partial charge in [0.15, 0.2) is 5.76 Å². The molecule has 3 aromatic rings. The molecule has 1 amide bonds. The summed E-state index contributed by atoms with van der Waals surface area (Å²) < 4.78 is 6.88. The summed E-state index contributed by atoms with van der Waals surface area (Å²) >= 11 is 1.65. The van der Waals surface area contributed by atoms with Crippen molar-refractivity contribution in [2.24, 2.45) is 0 Å². The number of aromatic nitrogens is 2. The first-order valence-corrected chi connectivity index (χ1v) is 7.47. The van der Waals surface area contributed by atoms with Crippen molar-refractivity contribution in [2.45, 2.75) is 20.0 Å². The van der Waals surface area contributed by atoms with Crippen molar-refractivity contribution in [3.8, 4) is 11.5 Å². The van der Waals surface area contributed by atoms with E-state index in [1.807, 2.05) is 30.5 Å². The molecule has 0 aliphatic carbocycles. The van der Waals surface area contributed by atoms with E-state index in [1.54, 1.807) is 28.5 Å². The first-order valence-electron chi connectivity index (χ1n) is 6.59. The Bertz CT molecular complexity index is 728. The summed E-state index contributed by atoms with van der Waals surface area (Å²) in [5.74, 6) is 0.639. The molecule has 108 valence electrons. The van der Waals surface area contributed by atoms with E-state index in [0.717, 1.165) is 5.69 Å². The average Bonchev–Trinajstić information content (AvgIpc) is 3.17. The highest BCUT2D eigenvalue weighted by atomic mass is 32.1. The highest BCUT2D eigenvalue weighted by Crippen LogP contribution is 2.17. The first-order chi connectivity index (χ1) is 10.2. The molecule has 5 nitrogen and oxygen atoms in total. The zero-order valence-electron chi connectivity index (χ0n) is 11.6. The van der Waals surface area contributed by atoms with Crippen LogP contribution in [0.5, 0.6) is 0 Å². The summed E-state index contributed by atoms with van der Waals surface area (Å²) in [6.07, 6.45) is 3.37. The van der Waals surface area contributed by atoms with Crippen LogP contribution >= 0.6 is 11.3 Å². The molecule has 21 heavy (non-hydrogen) atoms. The van der Waals surface area contributed by atoms with E-state index in [2.05, 4.69) is 16.5 Å². The van der Waals surface area contributed by atoms with Gasteiger partial charge in [-0.1, -0.05) is 0 Å². The van der Waals surface area contributed by atoms with Crippen molar-refractivity contribution in [1.29, 1.82) is 0 Å². The number of nitrogens with zero attached hydrogens (tertiary/aromatic N) is 2. The molecule has 0 aliphatic rings. The number of nitrogens with one attached hydrogen (secondary N) is 1. The Morgan fingerprint density at radius 2 is 2.33 bits per heavy atom. The van der Waals surface area contributed by atoms with Gasteiger partial charge >= 0.3 is 0 Å². The average molecular weight is 301 g/mol. The van der Waals surface area contributed by atoms with Crippen LogP contribution in [0.3, 0.4) is 0 Å². The van der Waals surface area contributed by atoms with Gasteiger partial charge in [-0.2, -0.15) is 5.10 Å². The minimum Gasteiger partial charge on any atom is -0.463 e. The standard InChI is InChI=1S/C15H15N3O2S/c1-11-5-8-21-14(11)9-16-15(19)10-18-6-4-12(17-18)13-3-2-7-20-13/h2-8H,9-10H2,1H3,(H,16,19). The Kier molecular flexibility index (Phi) is 3.87. The quantitative estimate of drug-likeness (QED) is 0.788. The predicted octanol–water partition coefficient (Wildman–Crippen LogP) is 2.83. The van der Waals surface area contributed by atoms with Crippen LogP contribution in [0, 0.1) is 6.92 Å². The van der Waals surface area contributed by atoms with Gasteiger partial charge in [0.1, 0.15) is 12.2 Å². The molecule has 0 aliphatic heterocycles. The van der Waals surface area contributed by atoms with Crippen LogP contribution in [0.25, 0.3) is 11.5 Å². The molecule has 3 heterocycles. The minimum absolute atomic E-state index is 0.0584. The molecule has 0 aromatic carbocycles. The van der Waals surface area contributed by atoms with Gasteiger partial charge in [0.25, 0.3) is 0 Å². The number of furan rings is 1. The summed E-state index contributed by atoms with van der Waals surface area (Å²) in [5.41, 5.74) is 1.93. The van der Waals surface area contributed by atoms with Crippen molar-refractivity contribution in [1.82, 2.24) is 15.1 Å². The van der Waals surface area contributed by atoms with Crippen molar-refractivity contribution in [3.63, 3.8) is 0 Å². The summed E-state index contributed by atoms with van der Waals surface area (Å²) in [4.78, 5) is 13.1. The summed E-state index contributed by atoms with van der Waals surface area (Å²) in [6.45, 7) is 2.81. The molecule has 6 heteroatoms. The van der Waals surface area contributed by atoms with Crippen LogP contribution in [0.15, 0.2) is 46.5 Å². The molecule has 1 N–H and O–H groups in total. The van der Waals surface area contributed by atoms with Gasteiger partial charge in [0.2, 0.25) is 5.91 Å². The number of amides is 1. The Labute approximate surface area is 126 Å². The smallest absolute Gasteiger partial charge is 0.242 e. The van der Waals surface area contributed by atoms with Crippen LogP contribution in [0.2, 0.25) is 0 Å². The third kappa shape index (κ3) is 3.22. The normalized spacial score (nSPS) is 10.7. The van der Waals surface area contributed by atoms with Gasteiger partial charge in [0.05, 0.1) is 12.8 Å². The molecular weight excluding hydrogens is 286 g/mol. The number of carbonyl (C=O) groups excluding carboxylic acids is 1. The molecule has 0 bridgehead atoms. The zero-order chi connectivity index (χ0) is 14.7. The molecule has 0 fully saturated rings. The summed E-state index contributed by atoms with van der Waals surface area (Å²) in [6, 6.07) is 7.53. The van der Waals surface area contributed by atoms with Crippen LogP contribution in [-0.4, -0.2) is 15.7 Å². The van der Waals surface area contributed by atoms with Gasteiger partial charge in [-0.15, -0.1) is 11.3 Å². The molecule has 0 saturated heterocycles. The molecule has 0 atom stereocenters. The minimum atomic E-state index is -0.0584. The number of thiophene rings is 1. The Balaban J connectivity index is 1.57. The molecule has 0 spiro atoms. The van der Waals surface area contributed by atoms with E-state index in [9.17, 15) is 4.79 Å². The number of hydrogen-bond donors (Lipinski definition) is 1. The van der Waals surface area contributed by atoms with Gasteiger partial charge in [0, 0.05) is 11.1 Å². The summed E-state index contributed by atoms with van der Waals surface area (Å²) in [7, 11) is 0. The lowest BCUT2D eigenvalue weighted by atomic mass is 10.3. The van der Waals surface area contributed by atoms with E-state index in [0.29, 0.717) is 12.3 Å². The predicted molar refractivity (Wildman–Crippen MR) is 80.8 cm³/mol. The lowest BCUT2D eigenvalue weighted by Crippen LogP contribution is -2.27. The van der Waals surface area contributed by atoms with Gasteiger partial charge in [-0.05, 0) is 42.1 Å². The van der Waals surface area contributed by atoms with Crippen LogP contribution < -0.4 is 5.32 Å². The topological polar surface area (TPSA) is 60.1 Å². The van der Waals surface area contributed by atoms with Gasteiger partial charge < -0.3 is 9.73 Å². The second-order valence-corrected chi connectivity index (χ2v) is 5.68. The Hall–Kier alpha value is -2.34. The van der Waals surface area contributed by atoms with Gasteiger partial charge in [-0.25, -0.2) is 0 Å². The van der Waals surface area contributed by atoms with Crippen LogP contribution in [0.1, 0.15) is 10.4 Å². The highest BCUT2D eigenvalue weighted by molar-refractivity contribution is 7.10. The molecule has 0 radical (unpaired) electrons. The molecule has 0 unspecified atom stereocenters. The maximum Gasteiger partial charge on any atom is 0.242 e. The van der Waals surface area contributed by atoms with Crippen molar-refractivity contribution >= 4 is 17.2 Å². The van der Waals surface area contributed by atoms with Crippen molar-refractivity contribution < 1.29 is 9.21 Å². The third-order valence-corrected chi connectivity index (χ3v) is 4.16.